The summed E-state index contributed by atoms with van der Waals surface area (Å²) in [4.78, 5) is 16.4. The third kappa shape index (κ3) is 6.72. The lowest BCUT2D eigenvalue weighted by Crippen LogP contribution is -2.20. The monoisotopic (exact) mass is 413 g/mol. The maximum absolute atomic E-state index is 12.1. The van der Waals surface area contributed by atoms with Crippen molar-refractivity contribution in [2.45, 2.75) is 20.4 Å². The number of aryl methyl sites for hydroxylation is 2. The first kappa shape index (κ1) is 21.6. The average molecular weight is 413 g/mol. The van der Waals surface area contributed by atoms with Crippen LogP contribution in [-0.4, -0.2) is 17.5 Å². The van der Waals surface area contributed by atoms with Gasteiger partial charge in [0.2, 0.25) is 11.8 Å². The topological polar surface area (TPSA) is 84.2 Å². The first-order valence-electron chi connectivity index (χ1n) is 9.79. The Hall–Kier alpha value is -4.11. The molecule has 6 nitrogen and oxygen atoms in total. The maximum Gasteiger partial charge on any atom is 0.244 e. The zero-order chi connectivity index (χ0) is 22.1. The van der Waals surface area contributed by atoms with E-state index in [-0.39, 0.29) is 12.5 Å². The second kappa shape index (κ2) is 10.6. The molecular formula is C25H23N3O3. The number of carbonyl (C=O) groups excluding carboxylic acids is 1. The van der Waals surface area contributed by atoms with Crippen LogP contribution in [0.25, 0.3) is 6.08 Å². The van der Waals surface area contributed by atoms with Crippen LogP contribution in [0, 0.1) is 25.2 Å². The minimum absolute atomic E-state index is 0.00508. The van der Waals surface area contributed by atoms with E-state index >= 15 is 0 Å². The van der Waals surface area contributed by atoms with Gasteiger partial charge in [0.15, 0.2) is 6.61 Å². The van der Waals surface area contributed by atoms with E-state index in [0.29, 0.717) is 18.2 Å². The van der Waals surface area contributed by atoms with Crippen molar-refractivity contribution in [3.8, 4) is 23.4 Å². The van der Waals surface area contributed by atoms with Gasteiger partial charge in [0.25, 0.3) is 0 Å². The van der Waals surface area contributed by atoms with Gasteiger partial charge in [0.05, 0.1) is 0 Å². The fourth-order valence-corrected chi connectivity index (χ4v) is 2.72. The van der Waals surface area contributed by atoms with Crippen LogP contribution in [0.2, 0.25) is 0 Å². The Morgan fingerprint density at radius 2 is 1.94 bits per heavy atom. The summed E-state index contributed by atoms with van der Waals surface area (Å²) in [6.45, 7) is 4.37. The zero-order valence-electron chi connectivity index (χ0n) is 17.5. The first-order valence-corrected chi connectivity index (χ1v) is 9.79. The molecule has 1 amide bonds. The van der Waals surface area contributed by atoms with Gasteiger partial charge in [-0.25, -0.2) is 4.98 Å². The Kier molecular flexibility index (Phi) is 7.39. The molecule has 0 spiro atoms. The van der Waals surface area contributed by atoms with Gasteiger partial charge in [-0.15, -0.1) is 0 Å². The Morgan fingerprint density at radius 3 is 2.65 bits per heavy atom. The van der Waals surface area contributed by atoms with Crippen LogP contribution >= 0.6 is 0 Å². The van der Waals surface area contributed by atoms with Crippen LogP contribution in [0.3, 0.4) is 0 Å². The molecule has 6 heteroatoms. The molecule has 1 heterocycles. The van der Waals surface area contributed by atoms with Crippen LogP contribution in [0.5, 0.6) is 17.4 Å². The lowest BCUT2D eigenvalue weighted by Gasteiger charge is -2.09. The Morgan fingerprint density at radius 1 is 1.13 bits per heavy atom. The normalized spacial score (nSPS) is 10.5. The molecule has 3 rings (SSSR count). The van der Waals surface area contributed by atoms with Gasteiger partial charge in [-0.3, -0.25) is 4.79 Å². The van der Waals surface area contributed by atoms with Crippen LogP contribution in [0.15, 0.2) is 66.9 Å². The largest absolute Gasteiger partial charge is 0.479 e. The second-order valence-electron chi connectivity index (χ2n) is 6.94. The molecular weight excluding hydrogens is 390 g/mol. The first-order chi connectivity index (χ1) is 15.0. The molecule has 0 fully saturated rings. The molecule has 0 aliphatic carbocycles. The Labute approximate surface area is 181 Å². The highest BCUT2D eigenvalue weighted by atomic mass is 16.5. The number of benzene rings is 2. The van der Waals surface area contributed by atoms with Crippen molar-refractivity contribution in [2.24, 2.45) is 0 Å². The number of hydrogen-bond donors (Lipinski definition) is 1. The van der Waals surface area contributed by atoms with Gasteiger partial charge in [0, 0.05) is 24.9 Å². The van der Waals surface area contributed by atoms with Crippen LogP contribution in [-0.2, 0) is 11.3 Å². The summed E-state index contributed by atoms with van der Waals surface area (Å²) >= 11 is 0. The molecule has 0 aliphatic rings. The Balaban J connectivity index is 1.49. The fourth-order valence-electron chi connectivity index (χ4n) is 2.72. The lowest BCUT2D eigenvalue weighted by molar-refractivity contribution is -0.116. The number of nitrogens with one attached hydrogen (secondary N) is 1. The summed E-state index contributed by atoms with van der Waals surface area (Å²) in [7, 11) is 0. The quantitative estimate of drug-likeness (QED) is 0.540. The Bertz CT molecular complexity index is 1100. The van der Waals surface area contributed by atoms with Gasteiger partial charge in [-0.05, 0) is 60.4 Å². The van der Waals surface area contributed by atoms with Crippen molar-refractivity contribution in [1.82, 2.24) is 10.3 Å². The van der Waals surface area contributed by atoms with Crippen LogP contribution in [0.1, 0.15) is 22.3 Å². The molecule has 0 aliphatic heterocycles. The predicted octanol–water partition coefficient (Wildman–Crippen LogP) is 4.72. The average Bonchev–Trinajstić information content (AvgIpc) is 2.79. The van der Waals surface area contributed by atoms with Gasteiger partial charge < -0.3 is 14.8 Å². The van der Waals surface area contributed by atoms with E-state index in [4.69, 9.17) is 14.7 Å². The standard InChI is InChI=1S/C25H23N3O3/c1-18-3-4-19(2)23(15-18)31-25-12-8-21(17-28-25)16-27-24(29)11-7-20-5-9-22(10-6-20)30-14-13-26/h3-12,15,17H,14,16H2,1-2H3,(H,27,29). The summed E-state index contributed by atoms with van der Waals surface area (Å²) < 4.78 is 11.1. The number of amides is 1. The van der Waals surface area contributed by atoms with Crippen molar-refractivity contribution >= 4 is 12.0 Å². The van der Waals surface area contributed by atoms with Crippen molar-refractivity contribution in [3.05, 3.63) is 89.1 Å². The number of hydrogen-bond acceptors (Lipinski definition) is 5. The number of nitriles is 1. The minimum Gasteiger partial charge on any atom is -0.479 e. The molecule has 0 unspecified atom stereocenters. The number of ether oxygens (including phenoxy) is 2. The molecule has 0 atom stereocenters. The SMILES string of the molecule is Cc1ccc(C)c(Oc2ccc(CNC(=O)C=Cc3ccc(OCC#N)cc3)cn2)c1. The molecule has 0 radical (unpaired) electrons. The molecule has 31 heavy (non-hydrogen) atoms. The van der Waals surface area contributed by atoms with E-state index in [0.717, 1.165) is 28.0 Å². The van der Waals surface area contributed by atoms with Crippen molar-refractivity contribution < 1.29 is 14.3 Å². The van der Waals surface area contributed by atoms with Crippen LogP contribution in [0.4, 0.5) is 0 Å². The van der Waals surface area contributed by atoms with Crippen molar-refractivity contribution in [1.29, 1.82) is 5.26 Å². The molecule has 2 aromatic carbocycles. The third-order valence-corrected chi connectivity index (χ3v) is 4.43. The van der Waals surface area contributed by atoms with Gasteiger partial charge in [0.1, 0.15) is 17.6 Å². The number of nitrogens with zero attached hydrogens (tertiary/aromatic N) is 2. The number of carbonyl (C=O) groups is 1. The molecule has 0 bridgehead atoms. The molecule has 1 N–H and O–H groups in total. The number of pyridine rings is 1. The molecule has 156 valence electrons. The fraction of sp³-hybridized carbons (Fsp3) is 0.160. The highest BCUT2D eigenvalue weighted by Crippen LogP contribution is 2.24. The summed E-state index contributed by atoms with van der Waals surface area (Å²) in [5.74, 6) is 1.69. The highest BCUT2D eigenvalue weighted by molar-refractivity contribution is 5.91. The molecule has 0 saturated heterocycles. The van der Waals surface area contributed by atoms with E-state index in [1.165, 1.54) is 6.08 Å². The third-order valence-electron chi connectivity index (χ3n) is 4.43. The summed E-state index contributed by atoms with van der Waals surface area (Å²) in [5, 5.41) is 11.3. The maximum atomic E-state index is 12.1. The van der Waals surface area contributed by atoms with E-state index < -0.39 is 0 Å². The van der Waals surface area contributed by atoms with E-state index in [1.807, 2.05) is 56.3 Å². The molecule has 1 aromatic heterocycles. The predicted molar refractivity (Wildman–Crippen MR) is 119 cm³/mol. The zero-order valence-corrected chi connectivity index (χ0v) is 17.5. The summed E-state index contributed by atoms with van der Waals surface area (Å²) in [5.41, 5.74) is 3.89. The minimum atomic E-state index is -0.208. The number of aromatic nitrogens is 1. The van der Waals surface area contributed by atoms with Crippen molar-refractivity contribution in [2.75, 3.05) is 6.61 Å². The van der Waals surface area contributed by atoms with Gasteiger partial charge in [-0.2, -0.15) is 5.26 Å². The van der Waals surface area contributed by atoms with Crippen molar-refractivity contribution in [3.63, 3.8) is 0 Å². The van der Waals surface area contributed by atoms with Gasteiger partial charge in [-0.1, -0.05) is 30.3 Å². The van der Waals surface area contributed by atoms with Crippen LogP contribution < -0.4 is 14.8 Å². The van der Waals surface area contributed by atoms with Gasteiger partial charge >= 0.3 is 0 Å². The smallest absolute Gasteiger partial charge is 0.244 e. The van der Waals surface area contributed by atoms with E-state index in [1.54, 1.807) is 30.5 Å². The summed E-state index contributed by atoms with van der Waals surface area (Å²) in [6, 6.07) is 18.7. The highest BCUT2D eigenvalue weighted by Gasteiger charge is 2.04. The molecule has 3 aromatic rings. The van der Waals surface area contributed by atoms with E-state index in [9.17, 15) is 4.79 Å². The lowest BCUT2D eigenvalue weighted by atomic mass is 10.1. The molecule has 0 saturated carbocycles. The summed E-state index contributed by atoms with van der Waals surface area (Å²) in [6.07, 6.45) is 4.86. The second-order valence-corrected chi connectivity index (χ2v) is 6.94. The van der Waals surface area contributed by atoms with E-state index in [2.05, 4.69) is 10.3 Å². The number of rotatable bonds is 8.